The van der Waals surface area contributed by atoms with Crippen LogP contribution in [0.25, 0.3) is 0 Å². The summed E-state index contributed by atoms with van der Waals surface area (Å²) in [7, 11) is 0. The van der Waals surface area contributed by atoms with E-state index in [1.54, 1.807) is 0 Å². The number of allylic oxidation sites excluding steroid dienone is 5. The van der Waals surface area contributed by atoms with Gasteiger partial charge in [-0.3, -0.25) is 0 Å². The molecule has 0 amide bonds. The summed E-state index contributed by atoms with van der Waals surface area (Å²) in [4.78, 5) is 0. The summed E-state index contributed by atoms with van der Waals surface area (Å²) < 4.78 is 52.5. The first kappa shape index (κ1) is 57.1. The second-order valence-corrected chi connectivity index (χ2v) is 1.95. The minimum Gasteiger partial charge on any atom is 0 e. The SMILES string of the molecule is C=CC1C=CC=CC1.[C-]#[O+].[C-]#[O+].[C-]#[O+].[C-]#[O+].[C-]#[O+].[C-]#[O+].[C-]#[O+].[Mn].[Mn]. The summed E-state index contributed by atoms with van der Waals surface area (Å²) in [5, 5.41) is 0. The van der Waals surface area contributed by atoms with Gasteiger partial charge in [-0.1, -0.05) is 30.4 Å². The van der Waals surface area contributed by atoms with Crippen molar-refractivity contribution in [1.29, 1.82) is 0 Å². The molecule has 1 unspecified atom stereocenters. The van der Waals surface area contributed by atoms with Crippen LogP contribution in [-0.2, 0) is 66.7 Å². The monoisotopic (exact) mass is 412 g/mol. The topological polar surface area (TPSA) is 139 Å². The summed E-state index contributed by atoms with van der Waals surface area (Å²) in [5.41, 5.74) is 0. The first-order valence-corrected chi connectivity index (χ1v) is 4.32. The maximum atomic E-state index is 7.50. The molecule has 1 atom stereocenters. The van der Waals surface area contributed by atoms with Gasteiger partial charge in [-0.2, -0.15) is 0 Å². The van der Waals surface area contributed by atoms with Crippen LogP contribution in [0.15, 0.2) is 37.0 Å². The normalized spacial score (nSPS) is 9.17. The van der Waals surface area contributed by atoms with Crippen molar-refractivity contribution >= 4 is 0 Å². The van der Waals surface area contributed by atoms with E-state index in [0.717, 1.165) is 6.42 Å². The largest absolute Gasteiger partial charge is 0 e. The van der Waals surface area contributed by atoms with Crippen molar-refractivity contribution in [2.45, 2.75) is 6.42 Å². The van der Waals surface area contributed by atoms with E-state index in [4.69, 9.17) is 32.6 Å². The summed E-state index contributed by atoms with van der Waals surface area (Å²) in [6.45, 7) is 35.2. The molecule has 1 aliphatic carbocycles. The maximum Gasteiger partial charge on any atom is 0 e. The molecule has 0 aromatic carbocycles. The molecule has 0 aromatic heterocycles. The van der Waals surface area contributed by atoms with Crippen LogP contribution in [0.3, 0.4) is 0 Å². The molecule has 9 heteroatoms. The van der Waals surface area contributed by atoms with E-state index in [-0.39, 0.29) is 34.1 Å². The minimum absolute atomic E-state index is 0. The predicted octanol–water partition coefficient (Wildman–Crippen LogP) is 2.04. The molecule has 0 bridgehead atoms. The molecule has 0 spiro atoms. The standard InChI is InChI=1S/C8H10.7CO.2Mn/c1-2-8-6-4-3-5-7-8;7*1-2;;/h2-6,8H,1,7H2;;;;;;;;;. The zero-order valence-electron chi connectivity index (χ0n) is 12.0. The molecule has 24 heavy (non-hydrogen) atoms. The van der Waals surface area contributed by atoms with Gasteiger partial charge in [0.25, 0.3) is 0 Å². The third kappa shape index (κ3) is 108. The fraction of sp³-hybridized carbons (Fsp3) is 0.133. The number of hydrogen-bond donors (Lipinski definition) is 0. The van der Waals surface area contributed by atoms with Crippen LogP contribution in [0.1, 0.15) is 6.42 Å². The van der Waals surface area contributed by atoms with Crippen molar-refractivity contribution in [2.75, 3.05) is 0 Å². The van der Waals surface area contributed by atoms with E-state index >= 15 is 0 Å². The molecule has 2 radical (unpaired) electrons. The van der Waals surface area contributed by atoms with Crippen molar-refractivity contribution < 1.29 is 66.7 Å². The zero-order chi connectivity index (χ0) is 19.8. The second kappa shape index (κ2) is 162. The Balaban J connectivity index is -0.0000000175. The van der Waals surface area contributed by atoms with Crippen LogP contribution in [0.4, 0.5) is 0 Å². The number of rotatable bonds is 1. The summed E-state index contributed by atoms with van der Waals surface area (Å²) in [5.74, 6) is 0.583. The smallest absolute Gasteiger partial charge is 0 e. The molecule has 0 N–H and O–H groups in total. The van der Waals surface area contributed by atoms with E-state index in [0.29, 0.717) is 5.92 Å². The van der Waals surface area contributed by atoms with Crippen molar-refractivity contribution in [1.82, 2.24) is 0 Å². The molecule has 0 aliphatic heterocycles. The van der Waals surface area contributed by atoms with Crippen LogP contribution in [-0.4, -0.2) is 0 Å². The van der Waals surface area contributed by atoms with Gasteiger partial charge in [-0.15, -0.1) is 6.58 Å². The van der Waals surface area contributed by atoms with Gasteiger partial charge in [0.1, 0.15) is 0 Å². The van der Waals surface area contributed by atoms with E-state index in [1.807, 2.05) is 6.08 Å². The molecular weight excluding hydrogens is 402 g/mol. The molecule has 0 fully saturated rings. The van der Waals surface area contributed by atoms with Crippen LogP contribution >= 0.6 is 0 Å². The van der Waals surface area contributed by atoms with Crippen LogP contribution < -0.4 is 0 Å². The quantitative estimate of drug-likeness (QED) is 0.269. The Kier molecular flexibility index (Phi) is 385. The van der Waals surface area contributed by atoms with Gasteiger partial charge in [0, 0.05) is 34.1 Å². The Morgan fingerprint density at radius 3 is 1.08 bits per heavy atom. The Morgan fingerprint density at radius 2 is 0.958 bits per heavy atom. The predicted molar refractivity (Wildman–Crippen MR) is 64.1 cm³/mol. The molecule has 0 saturated heterocycles. The Morgan fingerprint density at radius 1 is 0.667 bits per heavy atom. The fourth-order valence-electron chi connectivity index (χ4n) is 0.774. The van der Waals surface area contributed by atoms with Gasteiger partial charge >= 0.3 is 79.1 Å². The molecule has 0 aromatic rings. The molecular formula is C15H10Mn2O7. The van der Waals surface area contributed by atoms with E-state index in [1.165, 1.54) is 0 Å². The van der Waals surface area contributed by atoms with E-state index in [9.17, 15) is 0 Å². The molecule has 1 aliphatic rings. The van der Waals surface area contributed by atoms with Gasteiger partial charge in [-0.25, -0.2) is 0 Å². The first-order chi connectivity index (χ1) is 10.9. The number of hydrogen-bond acceptors (Lipinski definition) is 0. The van der Waals surface area contributed by atoms with Crippen molar-refractivity contribution in [3.8, 4) is 0 Å². The van der Waals surface area contributed by atoms with Crippen LogP contribution in [0.5, 0.6) is 0 Å². The zero-order valence-corrected chi connectivity index (χ0v) is 14.4. The average molecular weight is 412 g/mol. The third-order valence-corrected chi connectivity index (χ3v) is 1.32. The Labute approximate surface area is 162 Å². The third-order valence-electron chi connectivity index (χ3n) is 1.32. The maximum absolute atomic E-state index is 7.50. The molecule has 0 saturated carbocycles. The summed E-state index contributed by atoms with van der Waals surface area (Å²) in [6.07, 6.45) is 11.6. The Hall–Kier alpha value is -1.56. The van der Waals surface area contributed by atoms with E-state index < -0.39 is 0 Å². The molecule has 0 heterocycles. The van der Waals surface area contributed by atoms with Crippen molar-refractivity contribution in [3.63, 3.8) is 0 Å². The van der Waals surface area contributed by atoms with Crippen LogP contribution in [0, 0.1) is 52.5 Å². The van der Waals surface area contributed by atoms with Crippen LogP contribution in [0.2, 0.25) is 0 Å². The molecule has 7 nitrogen and oxygen atoms in total. The summed E-state index contributed by atoms with van der Waals surface area (Å²) in [6, 6.07) is 0. The van der Waals surface area contributed by atoms with Crippen molar-refractivity contribution in [2.24, 2.45) is 5.92 Å². The van der Waals surface area contributed by atoms with Gasteiger partial charge in [0.2, 0.25) is 0 Å². The second-order valence-electron chi connectivity index (χ2n) is 1.95. The van der Waals surface area contributed by atoms with Gasteiger partial charge < -0.3 is 0 Å². The minimum atomic E-state index is 0. The first-order valence-electron chi connectivity index (χ1n) is 4.32. The Bertz CT molecular complexity index is 326. The molecule has 1 rings (SSSR count). The summed E-state index contributed by atoms with van der Waals surface area (Å²) >= 11 is 0. The van der Waals surface area contributed by atoms with E-state index in [2.05, 4.69) is 77.4 Å². The van der Waals surface area contributed by atoms with Gasteiger partial charge in [-0.05, 0) is 12.3 Å². The molecule has 126 valence electrons. The fourth-order valence-corrected chi connectivity index (χ4v) is 0.774. The van der Waals surface area contributed by atoms with Gasteiger partial charge in [0.15, 0.2) is 0 Å². The van der Waals surface area contributed by atoms with Gasteiger partial charge in [0.05, 0.1) is 0 Å². The van der Waals surface area contributed by atoms with Crippen molar-refractivity contribution in [3.05, 3.63) is 83.5 Å². The average Bonchev–Trinajstić information content (AvgIpc) is 2.73.